The maximum Gasteiger partial charge on any atom is 0.354 e. The molecule has 2 N–H and O–H groups in total. The van der Waals surface area contributed by atoms with Crippen LogP contribution in [0.3, 0.4) is 0 Å². The van der Waals surface area contributed by atoms with Gasteiger partial charge in [0.05, 0.1) is 5.69 Å². The number of hydrogen-bond acceptors (Lipinski definition) is 4. The Bertz CT molecular complexity index is 345. The Labute approximate surface area is 99.5 Å². The second-order valence-corrected chi connectivity index (χ2v) is 4.33. The average Bonchev–Trinajstić information content (AvgIpc) is 2.29. The highest BCUT2D eigenvalue weighted by Gasteiger charge is 2.04. The van der Waals surface area contributed by atoms with E-state index in [9.17, 15) is 4.79 Å². The fourth-order valence-electron chi connectivity index (χ4n) is 1.26. The summed E-state index contributed by atoms with van der Waals surface area (Å²) in [6.07, 6.45) is 3.19. The van der Waals surface area contributed by atoms with E-state index in [1.54, 1.807) is 6.07 Å². The summed E-state index contributed by atoms with van der Waals surface area (Å²) in [6.45, 7) is 1.55. The molecule has 0 fully saturated rings. The highest BCUT2D eigenvalue weighted by Crippen LogP contribution is 1.99. The van der Waals surface area contributed by atoms with Crippen molar-refractivity contribution in [1.82, 2.24) is 10.3 Å². The number of aromatic nitrogens is 1. The summed E-state index contributed by atoms with van der Waals surface area (Å²) in [7, 11) is 0. The van der Waals surface area contributed by atoms with Gasteiger partial charge in [0.2, 0.25) is 0 Å². The topological polar surface area (TPSA) is 62.2 Å². The van der Waals surface area contributed by atoms with E-state index >= 15 is 0 Å². The van der Waals surface area contributed by atoms with Crippen LogP contribution < -0.4 is 5.32 Å². The number of rotatable bonds is 7. The Balaban J connectivity index is 2.36. The zero-order valence-electron chi connectivity index (χ0n) is 9.27. The molecule has 5 heteroatoms. The van der Waals surface area contributed by atoms with E-state index in [0.717, 1.165) is 24.4 Å². The van der Waals surface area contributed by atoms with E-state index in [1.807, 2.05) is 17.8 Å². The van der Waals surface area contributed by atoms with Crippen molar-refractivity contribution in [3.05, 3.63) is 29.6 Å². The van der Waals surface area contributed by atoms with Crippen LogP contribution in [-0.4, -0.2) is 34.6 Å². The highest BCUT2D eigenvalue weighted by atomic mass is 32.2. The molecule has 0 unspecified atom stereocenters. The summed E-state index contributed by atoms with van der Waals surface area (Å²) in [5.74, 6) is 0.152. The Morgan fingerprint density at radius 3 is 3.06 bits per heavy atom. The standard InChI is InChI=1S/C11H16N2O2S/c1-16-7-3-6-12-8-9-4-2-5-10(13-9)11(14)15/h2,4-5,12H,3,6-8H2,1H3,(H,14,15). The lowest BCUT2D eigenvalue weighted by Crippen LogP contribution is -2.17. The highest BCUT2D eigenvalue weighted by molar-refractivity contribution is 7.98. The largest absolute Gasteiger partial charge is 0.477 e. The predicted molar refractivity (Wildman–Crippen MR) is 65.9 cm³/mol. The molecule has 0 atom stereocenters. The fraction of sp³-hybridized carbons (Fsp3) is 0.455. The lowest BCUT2D eigenvalue weighted by atomic mass is 10.3. The van der Waals surface area contributed by atoms with Gasteiger partial charge in [-0.05, 0) is 37.1 Å². The molecule has 4 nitrogen and oxygen atoms in total. The smallest absolute Gasteiger partial charge is 0.354 e. The molecular weight excluding hydrogens is 224 g/mol. The van der Waals surface area contributed by atoms with Crippen LogP contribution in [0.15, 0.2) is 18.2 Å². The van der Waals surface area contributed by atoms with Gasteiger partial charge < -0.3 is 10.4 Å². The lowest BCUT2D eigenvalue weighted by molar-refractivity contribution is 0.0690. The molecule has 1 rings (SSSR count). The Hall–Kier alpha value is -1.07. The van der Waals surface area contributed by atoms with Crippen molar-refractivity contribution in [2.45, 2.75) is 13.0 Å². The molecule has 0 aromatic carbocycles. The van der Waals surface area contributed by atoms with Crippen molar-refractivity contribution in [3.63, 3.8) is 0 Å². The molecule has 88 valence electrons. The maximum absolute atomic E-state index is 10.7. The first-order chi connectivity index (χ1) is 7.74. The summed E-state index contributed by atoms with van der Waals surface area (Å²) in [5, 5.41) is 12.0. The molecule has 1 aromatic heterocycles. The van der Waals surface area contributed by atoms with Crippen molar-refractivity contribution in [2.24, 2.45) is 0 Å². The van der Waals surface area contributed by atoms with Gasteiger partial charge >= 0.3 is 5.97 Å². The zero-order chi connectivity index (χ0) is 11.8. The summed E-state index contributed by atoms with van der Waals surface area (Å²) >= 11 is 1.82. The van der Waals surface area contributed by atoms with Crippen LogP contribution in [0.4, 0.5) is 0 Å². The molecule has 0 aliphatic heterocycles. The first-order valence-corrected chi connectivity index (χ1v) is 6.52. The van der Waals surface area contributed by atoms with Gasteiger partial charge in [-0.2, -0.15) is 11.8 Å². The van der Waals surface area contributed by atoms with Gasteiger partial charge in [0.1, 0.15) is 5.69 Å². The van der Waals surface area contributed by atoms with Gasteiger partial charge in [-0.3, -0.25) is 0 Å². The van der Waals surface area contributed by atoms with Gasteiger partial charge in [-0.25, -0.2) is 9.78 Å². The van der Waals surface area contributed by atoms with Crippen LogP contribution >= 0.6 is 11.8 Å². The van der Waals surface area contributed by atoms with Gasteiger partial charge in [0, 0.05) is 6.54 Å². The van der Waals surface area contributed by atoms with Crippen LogP contribution in [0.2, 0.25) is 0 Å². The predicted octanol–water partition coefficient (Wildman–Crippen LogP) is 1.62. The van der Waals surface area contributed by atoms with Gasteiger partial charge in [0.25, 0.3) is 0 Å². The third-order valence-corrected chi connectivity index (χ3v) is 2.73. The molecular formula is C11H16N2O2S. The quantitative estimate of drug-likeness (QED) is 0.709. The maximum atomic E-state index is 10.7. The molecule has 0 aliphatic carbocycles. The Morgan fingerprint density at radius 2 is 2.38 bits per heavy atom. The minimum absolute atomic E-state index is 0.100. The number of aromatic carboxylic acids is 1. The first kappa shape index (κ1) is 13.0. The zero-order valence-corrected chi connectivity index (χ0v) is 10.1. The first-order valence-electron chi connectivity index (χ1n) is 5.13. The summed E-state index contributed by atoms with van der Waals surface area (Å²) in [5.41, 5.74) is 0.868. The molecule has 1 heterocycles. The molecule has 0 amide bonds. The number of nitrogens with zero attached hydrogens (tertiary/aromatic N) is 1. The minimum atomic E-state index is -0.982. The van der Waals surface area contributed by atoms with Crippen molar-refractivity contribution in [3.8, 4) is 0 Å². The molecule has 0 bridgehead atoms. The summed E-state index contributed by atoms with van der Waals surface area (Å²) in [4.78, 5) is 14.7. The van der Waals surface area contributed by atoms with Gasteiger partial charge in [0.15, 0.2) is 0 Å². The second kappa shape index (κ2) is 7.24. The molecule has 0 saturated heterocycles. The normalized spacial score (nSPS) is 10.3. The molecule has 0 spiro atoms. The second-order valence-electron chi connectivity index (χ2n) is 3.34. The van der Waals surface area contributed by atoms with Crippen LogP contribution in [0.5, 0.6) is 0 Å². The van der Waals surface area contributed by atoms with Crippen LogP contribution in [-0.2, 0) is 6.54 Å². The number of nitrogens with one attached hydrogen (secondary N) is 1. The number of pyridine rings is 1. The van der Waals surface area contributed by atoms with Gasteiger partial charge in [-0.1, -0.05) is 6.07 Å². The van der Waals surface area contributed by atoms with Crippen molar-refractivity contribution < 1.29 is 9.90 Å². The van der Waals surface area contributed by atoms with Crippen molar-refractivity contribution in [2.75, 3.05) is 18.6 Å². The number of carbonyl (C=O) groups is 1. The lowest BCUT2D eigenvalue weighted by Gasteiger charge is -2.04. The van der Waals surface area contributed by atoms with Crippen molar-refractivity contribution in [1.29, 1.82) is 0 Å². The van der Waals surface area contributed by atoms with E-state index in [0.29, 0.717) is 6.54 Å². The van der Waals surface area contributed by atoms with Crippen LogP contribution in [0.25, 0.3) is 0 Å². The van der Waals surface area contributed by atoms with E-state index in [-0.39, 0.29) is 5.69 Å². The summed E-state index contributed by atoms with van der Waals surface area (Å²) < 4.78 is 0. The van der Waals surface area contributed by atoms with E-state index in [2.05, 4.69) is 16.6 Å². The fourth-order valence-corrected chi connectivity index (χ4v) is 1.69. The number of hydrogen-bond donors (Lipinski definition) is 2. The van der Waals surface area contributed by atoms with E-state index in [1.165, 1.54) is 6.07 Å². The third kappa shape index (κ3) is 4.63. The van der Waals surface area contributed by atoms with Crippen LogP contribution in [0, 0.1) is 0 Å². The molecule has 1 aromatic rings. The van der Waals surface area contributed by atoms with Crippen molar-refractivity contribution >= 4 is 17.7 Å². The van der Waals surface area contributed by atoms with Crippen LogP contribution in [0.1, 0.15) is 22.6 Å². The SMILES string of the molecule is CSCCCNCc1cccc(C(=O)O)n1. The number of thioether (sulfide) groups is 1. The van der Waals surface area contributed by atoms with E-state index in [4.69, 9.17) is 5.11 Å². The number of carboxylic acids is 1. The Morgan fingerprint density at radius 1 is 1.56 bits per heavy atom. The number of carboxylic acid groups (broad SMARTS) is 1. The van der Waals surface area contributed by atoms with E-state index < -0.39 is 5.97 Å². The molecule has 0 aliphatic rings. The average molecular weight is 240 g/mol. The summed E-state index contributed by atoms with van der Waals surface area (Å²) in [6, 6.07) is 5.04. The molecule has 16 heavy (non-hydrogen) atoms. The molecule has 0 saturated carbocycles. The minimum Gasteiger partial charge on any atom is -0.477 e. The third-order valence-electron chi connectivity index (χ3n) is 2.03. The Kier molecular flexibility index (Phi) is 5.88. The monoisotopic (exact) mass is 240 g/mol. The van der Waals surface area contributed by atoms with Gasteiger partial charge in [-0.15, -0.1) is 0 Å². The molecule has 0 radical (unpaired) electrons.